The molecule has 2 atom stereocenters. The van der Waals surface area contributed by atoms with E-state index in [9.17, 15) is 0 Å². The number of hydrogen-bond donors (Lipinski definition) is 1. The van der Waals surface area contributed by atoms with Gasteiger partial charge in [-0.2, -0.15) is 0 Å². The number of morpholine rings is 1. The first-order chi connectivity index (χ1) is 12.7. The Morgan fingerprint density at radius 3 is 2.63 bits per heavy atom. The average molecular weight is 491 g/mol. The number of ether oxygens (including phenoxy) is 4. The van der Waals surface area contributed by atoms with E-state index in [2.05, 4.69) is 15.2 Å². The highest BCUT2D eigenvalue weighted by Gasteiger charge is 2.32. The average Bonchev–Trinajstić information content (AvgIpc) is 3.23. The van der Waals surface area contributed by atoms with E-state index in [4.69, 9.17) is 18.9 Å². The second-order valence-corrected chi connectivity index (χ2v) is 6.50. The van der Waals surface area contributed by atoms with Gasteiger partial charge in [0.1, 0.15) is 6.10 Å². The van der Waals surface area contributed by atoms with Crippen molar-refractivity contribution >= 4 is 29.9 Å². The summed E-state index contributed by atoms with van der Waals surface area (Å²) in [5, 5.41) is 3.44. The number of halogens is 1. The topological polar surface area (TPSA) is 64.6 Å². The van der Waals surface area contributed by atoms with E-state index in [0.717, 1.165) is 55.6 Å². The number of aliphatic imine (C=N–C) groups is 1. The summed E-state index contributed by atoms with van der Waals surface area (Å²) in [5.41, 5.74) is 1.10. The Bertz CT molecular complexity index is 623. The molecule has 2 aliphatic heterocycles. The van der Waals surface area contributed by atoms with Gasteiger partial charge in [0, 0.05) is 33.3 Å². The van der Waals surface area contributed by atoms with E-state index in [-0.39, 0.29) is 36.2 Å². The molecule has 0 saturated carbocycles. The molecule has 3 rings (SSSR count). The van der Waals surface area contributed by atoms with Crippen LogP contribution in [0.3, 0.4) is 0 Å². The molecule has 2 fully saturated rings. The highest BCUT2D eigenvalue weighted by molar-refractivity contribution is 14.0. The molecule has 2 aliphatic rings. The Hall–Kier alpha value is -1.26. The quantitative estimate of drug-likeness (QED) is 0.388. The third-order valence-corrected chi connectivity index (χ3v) is 4.88. The van der Waals surface area contributed by atoms with Crippen molar-refractivity contribution in [1.82, 2.24) is 10.2 Å². The van der Waals surface area contributed by atoms with E-state index >= 15 is 0 Å². The minimum atomic E-state index is 0. The molecular weight excluding hydrogens is 461 g/mol. The number of methoxy groups -OCH3 is 2. The van der Waals surface area contributed by atoms with Gasteiger partial charge in [-0.15, -0.1) is 24.0 Å². The molecule has 2 unspecified atom stereocenters. The molecule has 2 saturated heterocycles. The van der Waals surface area contributed by atoms with Crippen LogP contribution in [0.15, 0.2) is 23.2 Å². The largest absolute Gasteiger partial charge is 0.493 e. The van der Waals surface area contributed by atoms with Crippen LogP contribution in [0.4, 0.5) is 0 Å². The van der Waals surface area contributed by atoms with E-state index < -0.39 is 0 Å². The van der Waals surface area contributed by atoms with Crippen LogP contribution in [-0.4, -0.2) is 70.6 Å². The number of guanidine groups is 1. The summed E-state index contributed by atoms with van der Waals surface area (Å²) >= 11 is 0. The van der Waals surface area contributed by atoms with Gasteiger partial charge in [-0.05, 0) is 30.5 Å². The lowest BCUT2D eigenvalue weighted by atomic mass is 10.1. The standard InChI is InChI=1S/C19H29N3O4.HI/c1-20-19(21-12-14-6-7-15(23-2)17(11-14)24-3)22-8-10-26-18(13-22)16-5-4-9-25-16;/h6-7,11,16,18H,4-5,8-10,12-13H2,1-3H3,(H,20,21);1H. The summed E-state index contributed by atoms with van der Waals surface area (Å²) in [7, 11) is 5.10. The Balaban J connectivity index is 0.00000261. The summed E-state index contributed by atoms with van der Waals surface area (Å²) in [6.45, 7) is 3.83. The molecule has 0 aromatic heterocycles. The molecule has 27 heavy (non-hydrogen) atoms. The summed E-state index contributed by atoms with van der Waals surface area (Å²) in [4.78, 5) is 6.69. The molecule has 1 aromatic carbocycles. The summed E-state index contributed by atoms with van der Waals surface area (Å²) in [6, 6.07) is 5.92. The monoisotopic (exact) mass is 491 g/mol. The maximum atomic E-state index is 5.93. The van der Waals surface area contributed by atoms with Gasteiger partial charge in [0.15, 0.2) is 17.5 Å². The first-order valence-corrected chi connectivity index (χ1v) is 9.15. The highest BCUT2D eigenvalue weighted by Crippen LogP contribution is 2.27. The summed E-state index contributed by atoms with van der Waals surface area (Å²) in [6.07, 6.45) is 2.53. The van der Waals surface area contributed by atoms with Gasteiger partial charge in [0.2, 0.25) is 0 Å². The number of benzene rings is 1. The summed E-state index contributed by atoms with van der Waals surface area (Å²) in [5.74, 6) is 2.34. The van der Waals surface area contributed by atoms with Gasteiger partial charge in [0.05, 0.1) is 26.9 Å². The molecule has 8 heteroatoms. The van der Waals surface area contributed by atoms with Crippen molar-refractivity contribution in [2.45, 2.75) is 31.6 Å². The van der Waals surface area contributed by atoms with Crippen LogP contribution in [0.1, 0.15) is 18.4 Å². The van der Waals surface area contributed by atoms with Gasteiger partial charge in [-0.3, -0.25) is 4.99 Å². The van der Waals surface area contributed by atoms with Gasteiger partial charge < -0.3 is 29.2 Å². The lowest BCUT2D eigenvalue weighted by molar-refractivity contribution is -0.0817. The molecule has 0 amide bonds. The second kappa shape index (κ2) is 10.9. The predicted molar refractivity (Wildman–Crippen MR) is 115 cm³/mol. The molecule has 0 spiro atoms. The SMILES string of the molecule is CN=C(NCc1ccc(OC)c(OC)c1)N1CCOC(C2CCCO2)C1.I. The normalized spacial score (nSPS) is 22.9. The van der Waals surface area contributed by atoms with Gasteiger partial charge in [-0.1, -0.05) is 6.07 Å². The van der Waals surface area contributed by atoms with Crippen LogP contribution in [-0.2, 0) is 16.0 Å². The third-order valence-electron chi connectivity index (χ3n) is 4.88. The van der Waals surface area contributed by atoms with Gasteiger partial charge in [0.25, 0.3) is 0 Å². The first-order valence-electron chi connectivity index (χ1n) is 9.15. The van der Waals surface area contributed by atoms with Crippen molar-refractivity contribution in [3.63, 3.8) is 0 Å². The van der Waals surface area contributed by atoms with Crippen molar-refractivity contribution in [3.05, 3.63) is 23.8 Å². The van der Waals surface area contributed by atoms with Crippen molar-refractivity contribution < 1.29 is 18.9 Å². The van der Waals surface area contributed by atoms with E-state index in [1.54, 1.807) is 14.2 Å². The minimum Gasteiger partial charge on any atom is -0.493 e. The summed E-state index contributed by atoms with van der Waals surface area (Å²) < 4.78 is 22.4. The van der Waals surface area contributed by atoms with Crippen LogP contribution >= 0.6 is 24.0 Å². The second-order valence-electron chi connectivity index (χ2n) is 6.50. The van der Waals surface area contributed by atoms with Crippen molar-refractivity contribution in [1.29, 1.82) is 0 Å². The third kappa shape index (κ3) is 5.61. The molecule has 152 valence electrons. The van der Waals surface area contributed by atoms with Crippen molar-refractivity contribution in [2.24, 2.45) is 4.99 Å². The molecule has 0 bridgehead atoms. The zero-order valence-electron chi connectivity index (χ0n) is 16.3. The molecule has 0 aliphatic carbocycles. The van der Waals surface area contributed by atoms with Crippen molar-refractivity contribution in [3.8, 4) is 11.5 Å². The Morgan fingerprint density at radius 2 is 1.96 bits per heavy atom. The number of nitrogens with one attached hydrogen (secondary N) is 1. The smallest absolute Gasteiger partial charge is 0.194 e. The molecular formula is C19H30IN3O4. The van der Waals surface area contributed by atoms with E-state index in [1.807, 2.05) is 25.2 Å². The van der Waals surface area contributed by atoms with Crippen LogP contribution in [0.2, 0.25) is 0 Å². The Morgan fingerprint density at radius 1 is 1.19 bits per heavy atom. The molecule has 0 radical (unpaired) electrons. The molecule has 1 N–H and O–H groups in total. The minimum absolute atomic E-state index is 0. The number of hydrogen-bond acceptors (Lipinski definition) is 5. The fraction of sp³-hybridized carbons (Fsp3) is 0.632. The Kier molecular flexibility index (Phi) is 8.91. The Labute approximate surface area is 178 Å². The molecule has 1 aromatic rings. The molecule has 7 nitrogen and oxygen atoms in total. The fourth-order valence-electron chi connectivity index (χ4n) is 3.49. The van der Waals surface area contributed by atoms with Crippen LogP contribution in [0.5, 0.6) is 11.5 Å². The fourth-order valence-corrected chi connectivity index (χ4v) is 3.49. The van der Waals surface area contributed by atoms with Crippen LogP contribution in [0, 0.1) is 0 Å². The van der Waals surface area contributed by atoms with E-state index in [0.29, 0.717) is 13.2 Å². The van der Waals surface area contributed by atoms with Crippen LogP contribution < -0.4 is 14.8 Å². The maximum Gasteiger partial charge on any atom is 0.194 e. The van der Waals surface area contributed by atoms with E-state index in [1.165, 1.54) is 0 Å². The first kappa shape index (κ1) is 22.0. The predicted octanol–water partition coefficient (Wildman–Crippen LogP) is 2.28. The van der Waals surface area contributed by atoms with Gasteiger partial charge >= 0.3 is 0 Å². The zero-order chi connectivity index (χ0) is 18.4. The molecule has 2 heterocycles. The lowest BCUT2D eigenvalue weighted by Gasteiger charge is -2.37. The lowest BCUT2D eigenvalue weighted by Crippen LogP contribution is -2.53. The maximum absolute atomic E-state index is 5.93. The highest BCUT2D eigenvalue weighted by atomic mass is 127. The number of nitrogens with zero attached hydrogens (tertiary/aromatic N) is 2. The zero-order valence-corrected chi connectivity index (χ0v) is 18.6. The number of rotatable bonds is 5. The van der Waals surface area contributed by atoms with Crippen molar-refractivity contribution in [2.75, 3.05) is 47.6 Å². The van der Waals surface area contributed by atoms with Crippen LogP contribution in [0.25, 0.3) is 0 Å². The van der Waals surface area contributed by atoms with Gasteiger partial charge in [-0.25, -0.2) is 0 Å².